The van der Waals surface area contributed by atoms with Crippen LogP contribution in [0.3, 0.4) is 0 Å². The molecule has 154 valence electrons. The predicted molar refractivity (Wildman–Crippen MR) is 103 cm³/mol. The van der Waals surface area contributed by atoms with Crippen molar-refractivity contribution < 1.29 is 37.7 Å². The normalized spacial score (nSPS) is 11.3. The molecule has 8 nitrogen and oxygen atoms in total. The van der Waals surface area contributed by atoms with Crippen molar-refractivity contribution in [2.45, 2.75) is 0 Å². The smallest absolute Gasteiger partial charge is 0.399 e. The summed E-state index contributed by atoms with van der Waals surface area (Å²) in [7, 11) is 0.501. The second kappa shape index (κ2) is 11.5. The van der Waals surface area contributed by atoms with Gasteiger partial charge in [-0.25, -0.2) is 21.4 Å². The first-order chi connectivity index (χ1) is 12.4. The summed E-state index contributed by atoms with van der Waals surface area (Å²) < 4.78 is 62.2. The van der Waals surface area contributed by atoms with Gasteiger partial charge in [-0.05, 0) is 36.4 Å². The molecule has 0 radical (unpaired) electrons. The number of hydrogen-bond acceptors (Lipinski definition) is 7. The summed E-state index contributed by atoms with van der Waals surface area (Å²) in [5.74, 6) is -0.997. The van der Waals surface area contributed by atoms with Crippen LogP contribution in [0.25, 0.3) is 0 Å². The Morgan fingerprint density at radius 2 is 1.52 bits per heavy atom. The summed E-state index contributed by atoms with van der Waals surface area (Å²) in [6, 6.07) is 7.71. The van der Waals surface area contributed by atoms with Crippen molar-refractivity contribution in [1.29, 1.82) is 0 Å². The molecule has 0 aliphatic rings. The Hall–Kier alpha value is -2.15. The van der Waals surface area contributed by atoms with Crippen LogP contribution in [-0.4, -0.2) is 26.0 Å². The van der Waals surface area contributed by atoms with Gasteiger partial charge in [0.2, 0.25) is 10.0 Å². The van der Waals surface area contributed by atoms with E-state index in [0.29, 0.717) is 5.69 Å². The molecular weight excluding hydrogens is 426 g/mol. The number of halogens is 3. The highest BCUT2D eigenvalue weighted by Gasteiger charge is 2.03. The molecule has 0 heterocycles. The van der Waals surface area contributed by atoms with Gasteiger partial charge in [0.1, 0.15) is 11.6 Å². The predicted octanol–water partition coefficient (Wildman–Crippen LogP) is 1.51. The highest BCUT2D eigenvalue weighted by Crippen LogP contribution is 2.16. The second-order valence-corrected chi connectivity index (χ2v) is 8.07. The third-order valence-corrected chi connectivity index (χ3v) is 3.74. The number of nitrogens with two attached hydrogens (primary N) is 3. The molecule has 2 aromatic carbocycles. The Morgan fingerprint density at radius 1 is 1.07 bits per heavy atom. The Balaban J connectivity index is 0. The van der Waals surface area contributed by atoms with E-state index in [9.17, 15) is 21.4 Å². The van der Waals surface area contributed by atoms with E-state index in [1.54, 1.807) is 0 Å². The van der Waals surface area contributed by atoms with Crippen LogP contribution in [0.5, 0.6) is 0 Å². The van der Waals surface area contributed by atoms with Crippen LogP contribution in [0.15, 0.2) is 36.4 Å². The largest absolute Gasteiger partial charge is 0.449 e. The summed E-state index contributed by atoms with van der Waals surface area (Å²) in [5, 5.41) is 0. The number of sulfonamides is 1. The van der Waals surface area contributed by atoms with Crippen LogP contribution in [0.4, 0.5) is 31.5 Å². The fourth-order valence-corrected chi connectivity index (χ4v) is 1.94. The average Bonchev–Trinajstić information content (AvgIpc) is 2.54. The summed E-state index contributed by atoms with van der Waals surface area (Å²) in [6.45, 7) is 0. The Morgan fingerprint density at radius 3 is 1.85 bits per heavy atom. The molecule has 2 aromatic rings. The molecule has 0 aliphatic carbocycles. The van der Waals surface area contributed by atoms with Gasteiger partial charge >= 0.3 is 10.3 Å². The fraction of sp³-hybridized carbons (Fsp3) is 0.143. The number of nitrogens with one attached hydrogen (secondary N) is 1. The van der Waals surface area contributed by atoms with Crippen molar-refractivity contribution in [3.05, 3.63) is 48.0 Å². The van der Waals surface area contributed by atoms with E-state index >= 15 is 0 Å². The topological polar surface area (TPSA) is 151 Å². The molecule has 0 saturated heterocycles. The molecule has 0 bridgehead atoms. The zero-order chi connectivity index (χ0) is 21.2. The lowest BCUT2D eigenvalue weighted by atomic mass is 10.3. The molecule has 0 amide bonds. The van der Waals surface area contributed by atoms with Crippen molar-refractivity contribution in [3.63, 3.8) is 0 Å². The molecule has 0 saturated carbocycles. The molecular formula is C14H22ClF2N4O4S2+. The SMILES string of the molecule is COS(=O)[ClH+].CS(=O)(=O)Nc1ccc(F)c(N)c1.Nc1ccc(F)c(N)c1.[HH]. The van der Waals surface area contributed by atoms with Gasteiger partial charge in [0.25, 0.3) is 10.7 Å². The third kappa shape index (κ3) is 12.0. The molecule has 13 heteroatoms. The van der Waals surface area contributed by atoms with E-state index in [1.165, 1.54) is 37.4 Å². The highest BCUT2D eigenvalue weighted by molar-refractivity contribution is 7.92. The number of hydrogen-bond donors (Lipinski definition) is 4. The third-order valence-electron chi connectivity index (χ3n) is 2.46. The second-order valence-electron chi connectivity index (χ2n) is 4.76. The lowest BCUT2D eigenvalue weighted by molar-refractivity contribution is -0.169. The van der Waals surface area contributed by atoms with Crippen molar-refractivity contribution in [3.8, 4) is 0 Å². The van der Waals surface area contributed by atoms with E-state index in [1.807, 2.05) is 0 Å². The number of anilines is 4. The first kappa shape index (κ1) is 24.8. The molecule has 0 aliphatic heterocycles. The highest BCUT2D eigenvalue weighted by atomic mass is 35.7. The van der Waals surface area contributed by atoms with E-state index < -0.39 is 32.0 Å². The van der Waals surface area contributed by atoms with E-state index in [-0.39, 0.29) is 18.5 Å². The van der Waals surface area contributed by atoms with E-state index in [4.69, 9.17) is 17.2 Å². The van der Waals surface area contributed by atoms with Gasteiger partial charge < -0.3 is 17.2 Å². The first-order valence-electron chi connectivity index (χ1n) is 6.82. The maximum absolute atomic E-state index is 12.6. The van der Waals surface area contributed by atoms with Crippen LogP contribution >= 0.6 is 0 Å². The van der Waals surface area contributed by atoms with Gasteiger partial charge in [0.05, 0.1) is 30.4 Å². The van der Waals surface area contributed by atoms with Crippen LogP contribution in [0, 0.1) is 22.3 Å². The van der Waals surface area contributed by atoms with Crippen molar-refractivity contribution in [2.75, 3.05) is 35.3 Å². The van der Waals surface area contributed by atoms with E-state index in [0.717, 1.165) is 12.3 Å². The van der Waals surface area contributed by atoms with E-state index in [2.05, 4.69) is 19.6 Å². The number of benzene rings is 2. The summed E-state index contributed by atoms with van der Waals surface area (Å²) in [5.41, 5.74) is 16.4. The molecule has 0 aromatic heterocycles. The number of rotatable bonds is 3. The Labute approximate surface area is 164 Å². The van der Waals surface area contributed by atoms with Crippen molar-refractivity contribution in [2.24, 2.45) is 0 Å². The minimum absolute atomic E-state index is 0. The molecule has 27 heavy (non-hydrogen) atoms. The molecule has 1 unspecified atom stereocenters. The first-order valence-corrected chi connectivity index (χ1v) is 10.7. The van der Waals surface area contributed by atoms with Gasteiger partial charge in [-0.1, -0.05) is 0 Å². The summed E-state index contributed by atoms with van der Waals surface area (Å²) in [6.07, 6.45) is 1.01. The minimum Gasteiger partial charge on any atom is -0.399 e. The maximum Gasteiger partial charge on any atom is 0.449 e. The van der Waals surface area contributed by atoms with Gasteiger partial charge in [-0.2, -0.15) is 4.21 Å². The summed E-state index contributed by atoms with van der Waals surface area (Å²) in [4.78, 5) is 0. The van der Waals surface area contributed by atoms with Crippen LogP contribution < -0.4 is 21.9 Å². The molecule has 1 atom stereocenters. The Kier molecular flexibility index (Phi) is 10.6. The zero-order valence-electron chi connectivity index (χ0n) is 14.3. The minimum atomic E-state index is -3.33. The van der Waals surface area contributed by atoms with Crippen molar-refractivity contribution in [1.82, 2.24) is 0 Å². The lowest BCUT2D eigenvalue weighted by Crippen LogP contribution is -2.09. The quantitative estimate of drug-likeness (QED) is 0.411. The monoisotopic (exact) mass is 447 g/mol. The van der Waals surface area contributed by atoms with Crippen LogP contribution in [-0.2, 0) is 24.5 Å². The molecule has 7 N–H and O–H groups in total. The van der Waals surface area contributed by atoms with Gasteiger partial charge in [0.15, 0.2) is 0 Å². The fourth-order valence-electron chi connectivity index (χ4n) is 1.38. The zero-order valence-corrected chi connectivity index (χ0v) is 16.8. The molecule has 2 rings (SSSR count). The molecule has 0 spiro atoms. The lowest BCUT2D eigenvalue weighted by Gasteiger charge is -2.04. The average molecular weight is 448 g/mol. The Bertz CT molecular complexity index is 892. The van der Waals surface area contributed by atoms with Gasteiger partial charge in [0, 0.05) is 7.11 Å². The van der Waals surface area contributed by atoms with Gasteiger partial charge in [-0.3, -0.25) is 4.72 Å². The summed E-state index contributed by atoms with van der Waals surface area (Å²) >= 11 is 0. The number of nitrogen functional groups attached to an aromatic ring is 3. The molecule has 0 fully saturated rings. The van der Waals surface area contributed by atoms with Gasteiger partial charge in [-0.15, -0.1) is 0 Å². The standard InChI is InChI=1S/C7H9FN2O2S.C6H7FN2.CH4ClO2S.H2/c1-13(11,12)10-5-2-3-6(8)7(9)4-5;7-5-2-1-4(8)3-6(5)9;1-4-5(2)3;/h2-4,10H,9H2,1H3;1-3H,8-9H2;2H,1H3;1H/q;;+1;. The van der Waals surface area contributed by atoms with Crippen molar-refractivity contribution >= 4 is 43.1 Å². The van der Waals surface area contributed by atoms with Crippen LogP contribution in [0.2, 0.25) is 0 Å². The van der Waals surface area contributed by atoms with Crippen LogP contribution in [0.1, 0.15) is 1.43 Å². The maximum atomic E-state index is 12.6.